The summed E-state index contributed by atoms with van der Waals surface area (Å²) in [5.74, 6) is 0.493. The van der Waals surface area contributed by atoms with E-state index in [2.05, 4.69) is 10.1 Å². The van der Waals surface area contributed by atoms with Gasteiger partial charge in [-0.05, 0) is 32.0 Å². The van der Waals surface area contributed by atoms with E-state index in [1.807, 2.05) is 11.0 Å². The first-order valence-electron chi connectivity index (χ1n) is 12.5. The van der Waals surface area contributed by atoms with Crippen LogP contribution in [0.25, 0.3) is 22.6 Å². The van der Waals surface area contributed by atoms with Crippen LogP contribution in [0.4, 0.5) is 24.7 Å². The molecular weight excluding hydrogens is 618 g/mol. The van der Waals surface area contributed by atoms with Crippen LogP contribution in [-0.4, -0.2) is 69.4 Å². The summed E-state index contributed by atoms with van der Waals surface area (Å²) in [7, 11) is -2.68. The monoisotopic (exact) mass is 647 g/mol. The summed E-state index contributed by atoms with van der Waals surface area (Å²) in [6.45, 7) is 3.54. The van der Waals surface area contributed by atoms with Crippen molar-refractivity contribution in [3.05, 3.63) is 66.2 Å². The molecule has 15 heteroatoms. The number of hydrogen-bond acceptors (Lipinski definition) is 8. The van der Waals surface area contributed by atoms with Gasteiger partial charge in [0.05, 0.1) is 23.3 Å². The Morgan fingerprint density at radius 2 is 1.69 bits per heavy atom. The topological polar surface area (TPSA) is 95.9 Å². The Bertz CT molecular complexity index is 1610. The maximum Gasteiger partial charge on any atom is 0.401 e. The first kappa shape index (κ1) is 33.2. The number of alkyl halides is 3. The third kappa shape index (κ3) is 6.69. The number of nitrogens with zero attached hydrogens (tertiary/aromatic N) is 5. The Morgan fingerprint density at radius 3 is 2.29 bits per heavy atom. The van der Waals surface area contributed by atoms with Crippen LogP contribution in [-0.2, 0) is 10.0 Å². The van der Waals surface area contributed by atoms with Gasteiger partial charge in [0.15, 0.2) is 0 Å². The van der Waals surface area contributed by atoms with Gasteiger partial charge in [-0.3, -0.25) is 4.90 Å². The van der Waals surface area contributed by atoms with Crippen LogP contribution in [0.15, 0.2) is 68.8 Å². The molecule has 0 amide bonds. The van der Waals surface area contributed by atoms with E-state index in [4.69, 9.17) is 8.94 Å². The molecule has 2 aromatic carbocycles. The SMILES string of the molecule is Cc1noc(N(C)S(=O)(=O)c2ccccc2-c2ccc(-c3ncco3)cc2N2CCN(CC(F)(F)F)CC2)c1C.Cl.Cl. The summed E-state index contributed by atoms with van der Waals surface area (Å²) in [6, 6.07) is 12.0. The highest BCUT2D eigenvalue weighted by Crippen LogP contribution is 2.40. The number of aryl methyl sites for hydroxylation is 1. The number of halogens is 5. The molecule has 9 nitrogen and oxygen atoms in total. The lowest BCUT2D eigenvalue weighted by Crippen LogP contribution is -2.49. The quantitative estimate of drug-likeness (QED) is 0.242. The average molecular weight is 649 g/mol. The molecule has 4 aromatic rings. The van der Waals surface area contributed by atoms with Gasteiger partial charge in [-0.1, -0.05) is 29.4 Å². The van der Waals surface area contributed by atoms with Crippen molar-refractivity contribution in [2.24, 2.45) is 0 Å². The molecule has 1 aliphatic heterocycles. The molecular formula is C27H30Cl2F3N5O4S. The molecule has 228 valence electrons. The molecule has 0 radical (unpaired) electrons. The first-order chi connectivity index (χ1) is 19.0. The molecule has 2 aromatic heterocycles. The standard InChI is InChI=1S/C27H28F3N5O4S.2ClH/c1-18-19(2)32-39-26(18)33(3)40(36,37)24-7-5-4-6-22(24)21-9-8-20(25-31-10-15-38-25)16-23(21)35-13-11-34(12-14-35)17-27(28,29)30;;/h4-10,15-16H,11-14,17H2,1-3H3;2*1H. The molecule has 0 bridgehead atoms. The maximum absolute atomic E-state index is 13.9. The summed E-state index contributed by atoms with van der Waals surface area (Å²) in [6.07, 6.45) is -1.31. The summed E-state index contributed by atoms with van der Waals surface area (Å²) in [4.78, 5) is 7.59. The van der Waals surface area contributed by atoms with Crippen molar-refractivity contribution in [1.82, 2.24) is 15.0 Å². The highest BCUT2D eigenvalue weighted by Gasteiger charge is 2.33. The van der Waals surface area contributed by atoms with Crippen molar-refractivity contribution in [2.45, 2.75) is 24.9 Å². The fourth-order valence-corrected chi connectivity index (χ4v) is 6.18. The highest BCUT2D eigenvalue weighted by molar-refractivity contribution is 7.93. The zero-order chi connectivity index (χ0) is 28.7. The van der Waals surface area contributed by atoms with Gasteiger partial charge in [-0.25, -0.2) is 17.7 Å². The van der Waals surface area contributed by atoms with Gasteiger partial charge >= 0.3 is 6.18 Å². The van der Waals surface area contributed by atoms with Crippen molar-refractivity contribution in [3.63, 3.8) is 0 Å². The lowest BCUT2D eigenvalue weighted by molar-refractivity contribution is -0.146. The first-order valence-corrected chi connectivity index (χ1v) is 14.0. The number of piperazine rings is 1. The second-order valence-corrected chi connectivity index (χ2v) is 11.6. The van der Waals surface area contributed by atoms with Gasteiger partial charge in [0.25, 0.3) is 10.0 Å². The molecule has 0 N–H and O–H groups in total. The molecule has 5 rings (SSSR count). The third-order valence-electron chi connectivity index (χ3n) is 7.03. The Kier molecular flexibility index (Phi) is 10.2. The summed E-state index contributed by atoms with van der Waals surface area (Å²) in [5.41, 5.74) is 3.56. The molecule has 0 unspecified atom stereocenters. The smallest absolute Gasteiger partial charge is 0.401 e. The van der Waals surface area contributed by atoms with Crippen molar-refractivity contribution in [1.29, 1.82) is 0 Å². The van der Waals surface area contributed by atoms with E-state index in [9.17, 15) is 21.6 Å². The lowest BCUT2D eigenvalue weighted by atomic mass is 9.99. The number of oxazole rings is 1. The Morgan fingerprint density at radius 1 is 1.00 bits per heavy atom. The van der Waals surface area contributed by atoms with Crippen LogP contribution in [0.1, 0.15) is 11.3 Å². The van der Waals surface area contributed by atoms with Crippen molar-refractivity contribution in [3.8, 4) is 22.6 Å². The van der Waals surface area contributed by atoms with Gasteiger partial charge < -0.3 is 13.8 Å². The Balaban J connectivity index is 0.00000242. The average Bonchev–Trinajstić information content (AvgIpc) is 3.58. The number of sulfonamides is 1. The van der Waals surface area contributed by atoms with Crippen LogP contribution in [0.2, 0.25) is 0 Å². The summed E-state index contributed by atoms with van der Waals surface area (Å²) < 4.78 is 78.6. The second kappa shape index (κ2) is 12.9. The van der Waals surface area contributed by atoms with Crippen LogP contribution >= 0.6 is 24.8 Å². The predicted molar refractivity (Wildman–Crippen MR) is 158 cm³/mol. The minimum absolute atomic E-state index is 0. The van der Waals surface area contributed by atoms with Gasteiger partial charge in [0, 0.05) is 61.2 Å². The highest BCUT2D eigenvalue weighted by atomic mass is 35.5. The van der Waals surface area contributed by atoms with E-state index in [-0.39, 0.29) is 48.7 Å². The maximum atomic E-state index is 13.9. The second-order valence-electron chi connectivity index (χ2n) is 9.61. The molecule has 42 heavy (non-hydrogen) atoms. The molecule has 1 fully saturated rings. The summed E-state index contributed by atoms with van der Waals surface area (Å²) in [5, 5.41) is 3.89. The molecule has 0 aliphatic carbocycles. The lowest BCUT2D eigenvalue weighted by Gasteiger charge is -2.37. The molecule has 0 atom stereocenters. The zero-order valence-electron chi connectivity index (χ0n) is 23.0. The van der Waals surface area contributed by atoms with Crippen molar-refractivity contribution >= 4 is 46.4 Å². The van der Waals surface area contributed by atoms with E-state index in [1.165, 1.54) is 30.5 Å². The van der Waals surface area contributed by atoms with Crippen LogP contribution in [0.5, 0.6) is 0 Å². The van der Waals surface area contributed by atoms with Crippen molar-refractivity contribution in [2.75, 3.05) is 49.0 Å². The van der Waals surface area contributed by atoms with E-state index in [0.29, 0.717) is 52.6 Å². The Hall–Kier alpha value is -3.26. The zero-order valence-corrected chi connectivity index (χ0v) is 25.4. The van der Waals surface area contributed by atoms with Crippen molar-refractivity contribution < 1.29 is 30.5 Å². The van der Waals surface area contributed by atoms with E-state index >= 15 is 0 Å². The van der Waals surface area contributed by atoms with Gasteiger partial charge in [-0.2, -0.15) is 13.2 Å². The van der Waals surface area contributed by atoms with Gasteiger partial charge in [0.2, 0.25) is 11.8 Å². The fraction of sp³-hybridized carbons (Fsp3) is 0.333. The minimum atomic E-state index is -4.28. The number of hydrogen-bond donors (Lipinski definition) is 0. The summed E-state index contributed by atoms with van der Waals surface area (Å²) >= 11 is 0. The van der Waals surface area contributed by atoms with Crippen LogP contribution < -0.4 is 9.21 Å². The van der Waals surface area contributed by atoms with E-state index < -0.39 is 22.7 Å². The largest absolute Gasteiger partial charge is 0.445 e. The normalized spacial score (nSPS) is 14.3. The fourth-order valence-electron chi connectivity index (χ4n) is 4.79. The third-order valence-corrected chi connectivity index (χ3v) is 8.83. The minimum Gasteiger partial charge on any atom is -0.445 e. The Labute approximate surface area is 254 Å². The number of aromatic nitrogens is 2. The molecule has 0 spiro atoms. The van der Waals surface area contributed by atoms with E-state index in [1.54, 1.807) is 44.2 Å². The molecule has 3 heterocycles. The predicted octanol–water partition coefficient (Wildman–Crippen LogP) is 5.97. The van der Waals surface area contributed by atoms with Crippen LogP contribution in [0, 0.1) is 13.8 Å². The van der Waals surface area contributed by atoms with E-state index in [0.717, 1.165) is 4.31 Å². The number of benzene rings is 2. The van der Waals surface area contributed by atoms with Gasteiger partial charge in [-0.15, -0.1) is 24.8 Å². The van der Waals surface area contributed by atoms with Gasteiger partial charge in [0.1, 0.15) is 6.26 Å². The molecule has 1 aliphatic rings. The molecule has 1 saturated heterocycles. The van der Waals surface area contributed by atoms with Crippen LogP contribution in [0.3, 0.4) is 0 Å². The molecule has 0 saturated carbocycles. The number of rotatable bonds is 7. The number of anilines is 2.